The van der Waals surface area contributed by atoms with Crippen molar-refractivity contribution in [3.8, 4) is 6.07 Å². The molecule has 25 heavy (non-hydrogen) atoms. The van der Waals surface area contributed by atoms with Gasteiger partial charge in [-0.1, -0.05) is 48.5 Å². The van der Waals surface area contributed by atoms with Crippen LogP contribution in [0.5, 0.6) is 0 Å². The fourth-order valence-electron chi connectivity index (χ4n) is 2.89. The second kappa shape index (κ2) is 6.52. The predicted molar refractivity (Wildman–Crippen MR) is 91.6 cm³/mol. The number of carboxylic acid groups (broad SMARTS) is 1. The van der Waals surface area contributed by atoms with Crippen LogP contribution in [-0.2, 0) is 10.3 Å². The molecule has 0 amide bonds. The zero-order chi connectivity index (χ0) is 17.9. The van der Waals surface area contributed by atoms with Crippen LogP contribution >= 0.6 is 0 Å². The number of carbonyl (C=O) groups is 1. The molecule has 0 bridgehead atoms. The smallest absolute Gasteiger partial charge is 0.335 e. The Hall–Kier alpha value is -2.94. The first-order valence-electron chi connectivity index (χ1n) is 7.80. The number of benzene rings is 2. The van der Waals surface area contributed by atoms with E-state index in [4.69, 9.17) is 9.84 Å². The van der Waals surface area contributed by atoms with Gasteiger partial charge in [0.15, 0.2) is 0 Å². The SMILES string of the molecule is N#CC1([C@@](O)(/C=C/c2cccc(C(=O)O)c2)c2ccccc2)COC1. The number of aromatic carboxylic acids is 1. The summed E-state index contributed by atoms with van der Waals surface area (Å²) < 4.78 is 5.21. The van der Waals surface area contributed by atoms with Gasteiger partial charge in [-0.25, -0.2) is 4.79 Å². The molecule has 0 aromatic heterocycles. The first-order valence-corrected chi connectivity index (χ1v) is 7.80. The summed E-state index contributed by atoms with van der Waals surface area (Å²) in [7, 11) is 0. The number of rotatable bonds is 5. The van der Waals surface area contributed by atoms with Crippen molar-refractivity contribution in [1.29, 1.82) is 5.26 Å². The van der Waals surface area contributed by atoms with E-state index < -0.39 is 17.0 Å². The van der Waals surface area contributed by atoms with E-state index in [9.17, 15) is 15.2 Å². The minimum Gasteiger partial charge on any atom is -0.478 e. The van der Waals surface area contributed by atoms with Gasteiger partial charge in [0.05, 0.1) is 24.8 Å². The second-order valence-electron chi connectivity index (χ2n) is 6.08. The number of carboxylic acids is 1. The third kappa shape index (κ3) is 2.93. The van der Waals surface area contributed by atoms with E-state index in [1.165, 1.54) is 12.1 Å². The van der Waals surface area contributed by atoms with E-state index >= 15 is 0 Å². The van der Waals surface area contributed by atoms with Crippen LogP contribution in [0.1, 0.15) is 21.5 Å². The van der Waals surface area contributed by atoms with Crippen LogP contribution in [0.2, 0.25) is 0 Å². The van der Waals surface area contributed by atoms with Crippen molar-refractivity contribution in [3.05, 3.63) is 77.4 Å². The summed E-state index contributed by atoms with van der Waals surface area (Å²) in [6.45, 7) is 0.267. The normalized spacial score (nSPS) is 18.1. The lowest BCUT2D eigenvalue weighted by Crippen LogP contribution is -2.56. The van der Waals surface area contributed by atoms with Crippen LogP contribution < -0.4 is 0 Å². The maximum atomic E-state index is 11.4. The largest absolute Gasteiger partial charge is 0.478 e. The molecule has 5 heteroatoms. The molecule has 0 spiro atoms. The molecule has 2 aromatic rings. The third-order valence-corrected chi connectivity index (χ3v) is 4.50. The molecule has 1 saturated heterocycles. The lowest BCUT2D eigenvalue weighted by atomic mass is 9.67. The summed E-state index contributed by atoms with van der Waals surface area (Å²) in [5, 5.41) is 30.1. The first kappa shape index (κ1) is 16.9. The van der Waals surface area contributed by atoms with Crippen LogP contribution in [0.25, 0.3) is 6.08 Å². The summed E-state index contributed by atoms with van der Waals surface area (Å²) in [6, 6.07) is 17.5. The molecule has 3 rings (SSSR count). The fraction of sp³-hybridized carbons (Fsp3) is 0.200. The van der Waals surface area contributed by atoms with Crippen molar-refractivity contribution in [2.24, 2.45) is 5.41 Å². The van der Waals surface area contributed by atoms with E-state index in [1.54, 1.807) is 48.6 Å². The lowest BCUT2D eigenvalue weighted by Gasteiger charge is -2.46. The highest BCUT2D eigenvalue weighted by atomic mass is 16.5. The van der Waals surface area contributed by atoms with E-state index in [0.717, 1.165) is 0 Å². The van der Waals surface area contributed by atoms with Crippen LogP contribution in [0.4, 0.5) is 0 Å². The fourth-order valence-corrected chi connectivity index (χ4v) is 2.89. The van der Waals surface area contributed by atoms with Gasteiger partial charge >= 0.3 is 5.97 Å². The van der Waals surface area contributed by atoms with Crippen LogP contribution in [0, 0.1) is 16.7 Å². The summed E-state index contributed by atoms with van der Waals surface area (Å²) in [6.07, 6.45) is 3.19. The van der Waals surface area contributed by atoms with Crippen molar-refractivity contribution in [2.75, 3.05) is 13.2 Å². The van der Waals surface area contributed by atoms with Gasteiger partial charge in [-0.15, -0.1) is 0 Å². The van der Waals surface area contributed by atoms with Crippen molar-refractivity contribution >= 4 is 12.0 Å². The average molecular weight is 335 g/mol. The molecule has 0 aliphatic carbocycles. The summed E-state index contributed by atoms with van der Waals surface area (Å²) in [5.41, 5.74) is -1.24. The van der Waals surface area contributed by atoms with Crippen molar-refractivity contribution in [3.63, 3.8) is 0 Å². The Bertz CT molecular complexity index is 849. The van der Waals surface area contributed by atoms with E-state index in [0.29, 0.717) is 11.1 Å². The molecule has 1 aliphatic heterocycles. The molecule has 1 atom stereocenters. The second-order valence-corrected chi connectivity index (χ2v) is 6.08. The number of ether oxygens (including phenoxy) is 1. The van der Waals surface area contributed by atoms with Gasteiger partial charge in [0.1, 0.15) is 11.0 Å². The number of hydrogen-bond acceptors (Lipinski definition) is 4. The molecule has 1 aliphatic rings. The lowest BCUT2D eigenvalue weighted by molar-refractivity contribution is -0.174. The molecule has 0 radical (unpaired) electrons. The summed E-state index contributed by atoms with van der Waals surface area (Å²) in [5.74, 6) is -1.02. The molecule has 1 fully saturated rings. The van der Waals surface area contributed by atoms with Crippen molar-refractivity contribution < 1.29 is 19.7 Å². The number of hydrogen-bond donors (Lipinski definition) is 2. The highest BCUT2D eigenvalue weighted by Crippen LogP contribution is 2.46. The van der Waals surface area contributed by atoms with Gasteiger partial charge in [-0.05, 0) is 29.3 Å². The summed E-state index contributed by atoms with van der Waals surface area (Å²) >= 11 is 0. The third-order valence-electron chi connectivity index (χ3n) is 4.50. The van der Waals surface area contributed by atoms with Crippen LogP contribution in [0.15, 0.2) is 60.7 Å². The zero-order valence-electron chi connectivity index (χ0n) is 13.4. The molecule has 5 nitrogen and oxygen atoms in total. The van der Waals surface area contributed by atoms with Gasteiger partial charge in [0, 0.05) is 0 Å². The summed E-state index contributed by atoms with van der Waals surface area (Å²) in [4.78, 5) is 11.1. The highest BCUT2D eigenvalue weighted by Gasteiger charge is 2.56. The quantitative estimate of drug-likeness (QED) is 0.877. The monoisotopic (exact) mass is 335 g/mol. The number of nitrogens with zero attached hydrogens (tertiary/aromatic N) is 1. The molecular weight excluding hydrogens is 318 g/mol. The minimum atomic E-state index is -1.54. The number of nitriles is 1. The Morgan fingerprint density at radius 3 is 2.48 bits per heavy atom. The molecule has 2 N–H and O–H groups in total. The van der Waals surface area contributed by atoms with Crippen molar-refractivity contribution in [1.82, 2.24) is 0 Å². The highest BCUT2D eigenvalue weighted by molar-refractivity contribution is 5.88. The molecular formula is C20H17NO4. The van der Waals surface area contributed by atoms with E-state index in [2.05, 4.69) is 6.07 Å². The van der Waals surface area contributed by atoms with Gasteiger partial charge in [-0.3, -0.25) is 0 Å². The Kier molecular flexibility index (Phi) is 4.41. The van der Waals surface area contributed by atoms with Gasteiger partial charge < -0.3 is 14.9 Å². The standard InChI is InChI=1S/C20H17NO4/c21-12-19(13-25-14-19)20(24,17-7-2-1-3-8-17)10-9-15-5-4-6-16(11-15)18(22)23/h1-11,24H,13-14H2,(H,22,23)/b10-9+/t20-/m1/s1. The molecule has 1 heterocycles. The van der Waals surface area contributed by atoms with E-state index in [-0.39, 0.29) is 18.8 Å². The Morgan fingerprint density at radius 1 is 1.20 bits per heavy atom. The van der Waals surface area contributed by atoms with Crippen LogP contribution in [-0.4, -0.2) is 29.4 Å². The van der Waals surface area contributed by atoms with Gasteiger partial charge in [0.2, 0.25) is 0 Å². The first-order chi connectivity index (χ1) is 12.0. The van der Waals surface area contributed by atoms with Crippen LogP contribution in [0.3, 0.4) is 0 Å². The predicted octanol–water partition coefficient (Wildman–Crippen LogP) is 2.83. The van der Waals surface area contributed by atoms with Gasteiger partial charge in [-0.2, -0.15) is 5.26 Å². The van der Waals surface area contributed by atoms with Gasteiger partial charge in [0.25, 0.3) is 0 Å². The molecule has 0 saturated carbocycles. The average Bonchev–Trinajstić information content (AvgIpc) is 2.60. The van der Waals surface area contributed by atoms with E-state index in [1.807, 2.05) is 6.07 Å². The zero-order valence-corrected chi connectivity index (χ0v) is 13.4. The molecule has 126 valence electrons. The molecule has 2 aromatic carbocycles. The maximum absolute atomic E-state index is 11.4. The minimum absolute atomic E-state index is 0.133. The Labute approximate surface area is 145 Å². The van der Waals surface area contributed by atoms with Crippen molar-refractivity contribution in [2.45, 2.75) is 5.60 Å². The maximum Gasteiger partial charge on any atom is 0.335 e. The Morgan fingerprint density at radius 2 is 1.92 bits per heavy atom. The number of aliphatic hydroxyl groups is 1. The Balaban J connectivity index is 2.03. The molecule has 0 unspecified atom stereocenters. The topological polar surface area (TPSA) is 90.5 Å².